The lowest BCUT2D eigenvalue weighted by Gasteiger charge is -2.27. The third-order valence-corrected chi connectivity index (χ3v) is 3.51. The van der Waals surface area contributed by atoms with Crippen molar-refractivity contribution in [1.82, 2.24) is 4.98 Å². The second-order valence-electron chi connectivity index (χ2n) is 5.70. The van der Waals surface area contributed by atoms with E-state index in [1.807, 2.05) is 20.8 Å². The molecular weight excluding hydrogens is 248 g/mol. The maximum Gasteiger partial charge on any atom is 0.168 e. The summed E-state index contributed by atoms with van der Waals surface area (Å²) in [5.41, 5.74) is -0.215. The van der Waals surface area contributed by atoms with Gasteiger partial charge in [-0.05, 0) is 39.0 Å². The standard InChI is InChI=1S/C14H21F2N3/c1-4-7-17-12-10(15)8-11(16)13(18-12)19-14(2,3)9-5-6-9/h8-9H,4-7H2,1-3H3,(H2,17,18,19). The molecule has 0 spiro atoms. The van der Waals surface area contributed by atoms with E-state index in [1.54, 1.807) is 0 Å². The van der Waals surface area contributed by atoms with E-state index in [2.05, 4.69) is 15.6 Å². The second kappa shape index (κ2) is 5.31. The highest BCUT2D eigenvalue weighted by Gasteiger charge is 2.38. The van der Waals surface area contributed by atoms with Crippen molar-refractivity contribution in [2.75, 3.05) is 17.2 Å². The number of anilines is 2. The van der Waals surface area contributed by atoms with Crippen molar-refractivity contribution in [2.45, 2.75) is 45.6 Å². The molecule has 0 saturated heterocycles. The highest BCUT2D eigenvalue weighted by molar-refractivity contribution is 5.49. The Kier molecular flexibility index (Phi) is 3.92. The summed E-state index contributed by atoms with van der Waals surface area (Å²) in [6.45, 7) is 6.63. The van der Waals surface area contributed by atoms with Crippen molar-refractivity contribution in [3.05, 3.63) is 17.7 Å². The fourth-order valence-electron chi connectivity index (χ4n) is 2.13. The van der Waals surface area contributed by atoms with Gasteiger partial charge in [-0.2, -0.15) is 0 Å². The average Bonchev–Trinajstić information content (AvgIpc) is 3.15. The fraction of sp³-hybridized carbons (Fsp3) is 0.643. The summed E-state index contributed by atoms with van der Waals surface area (Å²) in [5.74, 6) is -0.533. The first-order valence-corrected chi connectivity index (χ1v) is 6.82. The number of nitrogens with zero attached hydrogens (tertiary/aromatic N) is 1. The number of nitrogens with one attached hydrogen (secondary N) is 2. The van der Waals surface area contributed by atoms with Gasteiger partial charge in [0.2, 0.25) is 0 Å². The summed E-state index contributed by atoms with van der Waals surface area (Å²) in [6, 6.07) is 0.885. The van der Waals surface area contributed by atoms with E-state index >= 15 is 0 Å². The van der Waals surface area contributed by atoms with E-state index in [9.17, 15) is 8.78 Å². The maximum absolute atomic E-state index is 13.8. The Bertz CT molecular complexity index is 456. The molecule has 1 fully saturated rings. The van der Waals surface area contributed by atoms with Gasteiger partial charge in [-0.3, -0.25) is 0 Å². The van der Waals surface area contributed by atoms with Crippen molar-refractivity contribution < 1.29 is 8.78 Å². The molecule has 0 radical (unpaired) electrons. The minimum absolute atomic E-state index is 0.109. The van der Waals surface area contributed by atoms with Crippen LogP contribution < -0.4 is 10.6 Å². The summed E-state index contributed by atoms with van der Waals surface area (Å²) in [5, 5.41) is 5.97. The van der Waals surface area contributed by atoms with Crippen LogP contribution in [0.4, 0.5) is 20.4 Å². The molecule has 0 bridgehead atoms. The van der Waals surface area contributed by atoms with Gasteiger partial charge >= 0.3 is 0 Å². The van der Waals surface area contributed by atoms with Gasteiger partial charge in [0.15, 0.2) is 23.3 Å². The minimum Gasteiger partial charge on any atom is -0.368 e. The number of hydrogen-bond donors (Lipinski definition) is 2. The van der Waals surface area contributed by atoms with Crippen LogP contribution in [0.1, 0.15) is 40.0 Å². The molecule has 0 aromatic carbocycles. The van der Waals surface area contributed by atoms with Crippen molar-refractivity contribution in [3.8, 4) is 0 Å². The molecule has 1 aromatic rings. The fourth-order valence-corrected chi connectivity index (χ4v) is 2.13. The predicted molar refractivity (Wildman–Crippen MR) is 73.4 cm³/mol. The van der Waals surface area contributed by atoms with Gasteiger partial charge in [0.1, 0.15) is 0 Å². The molecule has 0 amide bonds. The third-order valence-electron chi connectivity index (χ3n) is 3.51. The Morgan fingerprint density at radius 2 is 1.89 bits per heavy atom. The molecule has 2 rings (SSSR count). The SMILES string of the molecule is CCCNc1nc(NC(C)(C)C2CC2)c(F)cc1F. The van der Waals surface area contributed by atoms with Crippen LogP contribution in [-0.4, -0.2) is 17.1 Å². The first-order valence-electron chi connectivity index (χ1n) is 6.82. The van der Waals surface area contributed by atoms with Gasteiger partial charge in [-0.1, -0.05) is 6.92 Å². The molecule has 106 valence electrons. The normalized spacial score (nSPS) is 15.4. The summed E-state index contributed by atoms with van der Waals surface area (Å²) in [6.07, 6.45) is 3.14. The van der Waals surface area contributed by atoms with Crippen LogP contribution in [0, 0.1) is 17.6 Å². The van der Waals surface area contributed by atoms with Crippen LogP contribution in [-0.2, 0) is 0 Å². The minimum atomic E-state index is -0.652. The van der Waals surface area contributed by atoms with Crippen LogP contribution >= 0.6 is 0 Å². The lowest BCUT2D eigenvalue weighted by atomic mass is 9.99. The molecule has 0 aliphatic heterocycles. The number of rotatable bonds is 6. The quantitative estimate of drug-likeness (QED) is 0.825. The van der Waals surface area contributed by atoms with E-state index < -0.39 is 11.6 Å². The average molecular weight is 269 g/mol. The molecule has 3 nitrogen and oxygen atoms in total. The Labute approximate surface area is 112 Å². The highest BCUT2D eigenvalue weighted by atomic mass is 19.1. The van der Waals surface area contributed by atoms with Gasteiger partial charge in [-0.15, -0.1) is 0 Å². The summed E-state index contributed by atoms with van der Waals surface area (Å²) in [7, 11) is 0. The van der Waals surface area contributed by atoms with Gasteiger partial charge in [0.05, 0.1) is 0 Å². The largest absolute Gasteiger partial charge is 0.368 e. The van der Waals surface area contributed by atoms with Crippen LogP contribution in [0.3, 0.4) is 0 Å². The zero-order valence-electron chi connectivity index (χ0n) is 11.7. The van der Waals surface area contributed by atoms with Gasteiger partial charge < -0.3 is 10.6 Å². The van der Waals surface area contributed by atoms with E-state index in [-0.39, 0.29) is 17.2 Å². The Hall–Kier alpha value is -1.39. The molecule has 1 heterocycles. The number of hydrogen-bond acceptors (Lipinski definition) is 3. The summed E-state index contributed by atoms with van der Waals surface area (Å²) >= 11 is 0. The highest BCUT2D eigenvalue weighted by Crippen LogP contribution is 2.41. The summed E-state index contributed by atoms with van der Waals surface area (Å²) in [4.78, 5) is 4.03. The van der Waals surface area contributed by atoms with Gasteiger partial charge in [0.25, 0.3) is 0 Å². The zero-order valence-corrected chi connectivity index (χ0v) is 11.7. The van der Waals surface area contributed by atoms with Crippen molar-refractivity contribution in [1.29, 1.82) is 0 Å². The number of aromatic nitrogens is 1. The van der Waals surface area contributed by atoms with Crippen molar-refractivity contribution in [2.24, 2.45) is 5.92 Å². The molecule has 1 aromatic heterocycles. The van der Waals surface area contributed by atoms with E-state index in [4.69, 9.17) is 0 Å². The topological polar surface area (TPSA) is 37.0 Å². The van der Waals surface area contributed by atoms with E-state index in [0.29, 0.717) is 12.5 Å². The molecule has 0 unspecified atom stereocenters. The molecule has 19 heavy (non-hydrogen) atoms. The molecule has 1 aliphatic carbocycles. The third kappa shape index (κ3) is 3.33. The Morgan fingerprint density at radius 3 is 2.47 bits per heavy atom. The Balaban J connectivity index is 2.19. The van der Waals surface area contributed by atoms with Gasteiger partial charge in [-0.25, -0.2) is 13.8 Å². The lowest BCUT2D eigenvalue weighted by Crippen LogP contribution is -2.34. The number of pyridine rings is 1. The molecule has 5 heteroatoms. The first-order chi connectivity index (χ1) is 8.94. The molecule has 0 atom stereocenters. The van der Waals surface area contributed by atoms with Crippen LogP contribution in [0.15, 0.2) is 6.07 Å². The molecule has 1 aliphatic rings. The number of halogens is 2. The molecule has 2 N–H and O–H groups in total. The van der Waals surface area contributed by atoms with Crippen LogP contribution in [0.5, 0.6) is 0 Å². The zero-order chi connectivity index (χ0) is 14.0. The molecular formula is C14H21F2N3. The van der Waals surface area contributed by atoms with Gasteiger partial charge in [0, 0.05) is 18.2 Å². The van der Waals surface area contributed by atoms with Crippen molar-refractivity contribution >= 4 is 11.6 Å². The van der Waals surface area contributed by atoms with E-state index in [0.717, 1.165) is 25.3 Å². The summed E-state index contributed by atoms with van der Waals surface area (Å²) < 4.78 is 27.3. The van der Waals surface area contributed by atoms with E-state index in [1.165, 1.54) is 0 Å². The first kappa shape index (κ1) is 14.0. The Morgan fingerprint density at radius 1 is 1.26 bits per heavy atom. The lowest BCUT2D eigenvalue weighted by molar-refractivity contribution is 0.484. The van der Waals surface area contributed by atoms with Crippen molar-refractivity contribution in [3.63, 3.8) is 0 Å². The second-order valence-corrected chi connectivity index (χ2v) is 5.70. The smallest absolute Gasteiger partial charge is 0.168 e. The van der Waals surface area contributed by atoms with Crippen LogP contribution in [0.2, 0.25) is 0 Å². The van der Waals surface area contributed by atoms with Crippen LogP contribution in [0.25, 0.3) is 0 Å². The maximum atomic E-state index is 13.8. The monoisotopic (exact) mass is 269 g/mol. The molecule has 1 saturated carbocycles. The predicted octanol–water partition coefficient (Wildman–Crippen LogP) is 3.78.